The lowest BCUT2D eigenvalue weighted by molar-refractivity contribution is -0.111. The molecule has 2 aromatic carbocycles. The van der Waals surface area contributed by atoms with E-state index in [0.717, 1.165) is 10.3 Å². The van der Waals surface area contributed by atoms with Gasteiger partial charge in [-0.15, -0.1) is 11.3 Å². The van der Waals surface area contributed by atoms with Gasteiger partial charge in [0.1, 0.15) is 5.52 Å². The standard InChI is InChI=1S/C16H10Cl2N2OS/c17-11-4-2-1-3-10(11)5-8-14(21)20-13-7-6-12(18)15-16(13)22-9-19-15/h1-9H,(H,20,21)/b8-5+. The molecule has 0 saturated heterocycles. The molecular formula is C16H10Cl2N2OS. The third-order valence-corrected chi connectivity index (χ3v) is 4.52. The Balaban J connectivity index is 1.81. The number of anilines is 1. The fourth-order valence-electron chi connectivity index (χ4n) is 1.97. The lowest BCUT2D eigenvalue weighted by atomic mass is 10.2. The Kier molecular flexibility index (Phi) is 4.43. The number of fused-ring (bicyclic) bond motifs is 1. The van der Waals surface area contributed by atoms with E-state index in [1.807, 2.05) is 18.2 Å². The largest absolute Gasteiger partial charge is 0.321 e. The number of carbonyl (C=O) groups excluding carboxylic acids is 1. The van der Waals surface area contributed by atoms with Gasteiger partial charge in [-0.2, -0.15) is 0 Å². The molecule has 0 spiro atoms. The second kappa shape index (κ2) is 6.48. The van der Waals surface area contributed by atoms with E-state index in [2.05, 4.69) is 10.3 Å². The van der Waals surface area contributed by atoms with E-state index < -0.39 is 0 Å². The Morgan fingerprint density at radius 1 is 1.14 bits per heavy atom. The molecule has 3 aromatic rings. The molecule has 22 heavy (non-hydrogen) atoms. The maximum Gasteiger partial charge on any atom is 0.248 e. The maximum absolute atomic E-state index is 12.1. The smallest absolute Gasteiger partial charge is 0.248 e. The molecule has 0 atom stereocenters. The number of halogens is 2. The Bertz CT molecular complexity index is 873. The Hall–Kier alpha value is -1.88. The van der Waals surface area contributed by atoms with Gasteiger partial charge in [-0.1, -0.05) is 41.4 Å². The molecule has 0 fully saturated rings. The summed E-state index contributed by atoms with van der Waals surface area (Å²) in [4.78, 5) is 16.2. The number of aromatic nitrogens is 1. The van der Waals surface area contributed by atoms with E-state index >= 15 is 0 Å². The van der Waals surface area contributed by atoms with Crippen molar-refractivity contribution in [1.29, 1.82) is 0 Å². The zero-order valence-electron chi connectivity index (χ0n) is 11.2. The molecule has 0 aliphatic rings. The topological polar surface area (TPSA) is 42.0 Å². The number of thiazole rings is 1. The van der Waals surface area contributed by atoms with Crippen molar-refractivity contribution in [2.24, 2.45) is 0 Å². The first kappa shape index (κ1) is 15.0. The molecule has 110 valence electrons. The van der Waals surface area contributed by atoms with Gasteiger partial charge in [-0.3, -0.25) is 4.79 Å². The van der Waals surface area contributed by atoms with Crippen molar-refractivity contribution in [2.75, 3.05) is 5.32 Å². The second-order valence-electron chi connectivity index (χ2n) is 4.47. The molecule has 0 aliphatic heterocycles. The molecule has 3 rings (SSSR count). The predicted molar refractivity (Wildman–Crippen MR) is 93.7 cm³/mol. The van der Waals surface area contributed by atoms with Crippen LogP contribution < -0.4 is 5.32 Å². The minimum Gasteiger partial charge on any atom is -0.321 e. The van der Waals surface area contributed by atoms with Gasteiger partial charge in [-0.05, 0) is 29.8 Å². The molecule has 1 aromatic heterocycles. The number of benzene rings is 2. The van der Waals surface area contributed by atoms with Crippen LogP contribution in [0.3, 0.4) is 0 Å². The number of carbonyl (C=O) groups is 1. The highest BCUT2D eigenvalue weighted by atomic mass is 35.5. The predicted octanol–water partition coefficient (Wildman–Crippen LogP) is 5.26. The van der Waals surface area contributed by atoms with Crippen LogP contribution in [0, 0.1) is 0 Å². The number of hydrogen-bond donors (Lipinski definition) is 1. The van der Waals surface area contributed by atoms with E-state index in [1.165, 1.54) is 17.4 Å². The van der Waals surface area contributed by atoms with Gasteiger partial charge >= 0.3 is 0 Å². The molecule has 1 N–H and O–H groups in total. The summed E-state index contributed by atoms with van der Waals surface area (Å²) < 4.78 is 0.854. The third-order valence-electron chi connectivity index (χ3n) is 3.01. The molecule has 1 amide bonds. The van der Waals surface area contributed by atoms with Gasteiger partial charge in [-0.25, -0.2) is 4.98 Å². The summed E-state index contributed by atoms with van der Waals surface area (Å²) in [5, 5.41) is 4.00. The number of nitrogens with zero attached hydrogens (tertiary/aromatic N) is 1. The summed E-state index contributed by atoms with van der Waals surface area (Å²) in [6.45, 7) is 0. The summed E-state index contributed by atoms with van der Waals surface area (Å²) in [7, 11) is 0. The molecule has 6 heteroatoms. The van der Waals surface area contributed by atoms with Gasteiger partial charge in [0.2, 0.25) is 5.91 Å². The highest BCUT2D eigenvalue weighted by molar-refractivity contribution is 7.17. The van der Waals surface area contributed by atoms with E-state index in [1.54, 1.807) is 29.8 Å². The Morgan fingerprint density at radius 2 is 1.95 bits per heavy atom. The van der Waals surface area contributed by atoms with Gasteiger partial charge < -0.3 is 5.32 Å². The number of nitrogens with one attached hydrogen (secondary N) is 1. The summed E-state index contributed by atoms with van der Waals surface area (Å²) >= 11 is 13.5. The van der Waals surface area contributed by atoms with Crippen LogP contribution >= 0.6 is 34.5 Å². The lowest BCUT2D eigenvalue weighted by Crippen LogP contribution is -2.07. The van der Waals surface area contributed by atoms with Crippen LogP contribution in [0.15, 0.2) is 48.0 Å². The highest BCUT2D eigenvalue weighted by Crippen LogP contribution is 2.32. The first-order chi connectivity index (χ1) is 10.6. The van der Waals surface area contributed by atoms with E-state index in [-0.39, 0.29) is 5.91 Å². The van der Waals surface area contributed by atoms with Crippen LogP contribution in [0.25, 0.3) is 16.3 Å². The third kappa shape index (κ3) is 3.14. The minimum absolute atomic E-state index is 0.239. The maximum atomic E-state index is 12.1. The summed E-state index contributed by atoms with van der Waals surface area (Å²) in [6, 6.07) is 10.8. The fraction of sp³-hybridized carbons (Fsp3) is 0. The molecule has 0 bridgehead atoms. The van der Waals surface area contributed by atoms with Crippen molar-refractivity contribution in [3.8, 4) is 0 Å². The average molecular weight is 349 g/mol. The summed E-state index contributed by atoms with van der Waals surface area (Å²) in [5.74, 6) is -0.239. The van der Waals surface area contributed by atoms with E-state index in [9.17, 15) is 4.79 Å². The van der Waals surface area contributed by atoms with Gasteiger partial charge in [0.05, 0.1) is 20.9 Å². The summed E-state index contributed by atoms with van der Waals surface area (Å²) in [6.07, 6.45) is 3.13. The SMILES string of the molecule is O=C(/C=C/c1ccccc1Cl)Nc1ccc(Cl)c2ncsc12. The van der Waals surface area contributed by atoms with Crippen molar-refractivity contribution in [2.45, 2.75) is 0 Å². The molecule has 1 heterocycles. The van der Waals surface area contributed by atoms with Crippen molar-refractivity contribution < 1.29 is 4.79 Å². The molecule has 0 saturated carbocycles. The average Bonchev–Trinajstić information content (AvgIpc) is 3.00. The lowest BCUT2D eigenvalue weighted by Gasteiger charge is -2.04. The first-order valence-corrected chi connectivity index (χ1v) is 8.04. The molecular weight excluding hydrogens is 339 g/mol. The van der Waals surface area contributed by atoms with Crippen LogP contribution in [0.4, 0.5) is 5.69 Å². The number of amides is 1. The van der Waals surface area contributed by atoms with Crippen LogP contribution in [0.1, 0.15) is 5.56 Å². The monoisotopic (exact) mass is 348 g/mol. The number of hydrogen-bond acceptors (Lipinski definition) is 3. The normalized spacial score (nSPS) is 11.2. The van der Waals surface area contributed by atoms with E-state index in [4.69, 9.17) is 23.2 Å². The van der Waals surface area contributed by atoms with Gasteiger partial charge in [0.15, 0.2) is 0 Å². The van der Waals surface area contributed by atoms with E-state index in [0.29, 0.717) is 21.2 Å². The zero-order valence-corrected chi connectivity index (χ0v) is 13.5. The van der Waals surface area contributed by atoms with Crippen LogP contribution in [-0.4, -0.2) is 10.9 Å². The van der Waals surface area contributed by atoms with Gasteiger partial charge in [0, 0.05) is 11.1 Å². The first-order valence-electron chi connectivity index (χ1n) is 6.40. The van der Waals surface area contributed by atoms with Crippen molar-refractivity contribution >= 4 is 62.4 Å². The number of rotatable bonds is 3. The molecule has 0 radical (unpaired) electrons. The van der Waals surface area contributed by atoms with Crippen LogP contribution in [-0.2, 0) is 4.79 Å². The van der Waals surface area contributed by atoms with Crippen molar-refractivity contribution in [3.05, 3.63) is 63.6 Å². The van der Waals surface area contributed by atoms with Crippen LogP contribution in [0.5, 0.6) is 0 Å². The van der Waals surface area contributed by atoms with Crippen molar-refractivity contribution in [3.63, 3.8) is 0 Å². The highest BCUT2D eigenvalue weighted by Gasteiger charge is 2.09. The minimum atomic E-state index is -0.239. The zero-order chi connectivity index (χ0) is 15.5. The van der Waals surface area contributed by atoms with Crippen LogP contribution in [0.2, 0.25) is 10.0 Å². The molecule has 0 unspecified atom stereocenters. The van der Waals surface area contributed by atoms with Gasteiger partial charge in [0.25, 0.3) is 0 Å². The second-order valence-corrected chi connectivity index (χ2v) is 6.14. The fourth-order valence-corrected chi connectivity index (χ4v) is 3.21. The van der Waals surface area contributed by atoms with Crippen molar-refractivity contribution in [1.82, 2.24) is 4.98 Å². The molecule has 0 aliphatic carbocycles. The quantitative estimate of drug-likeness (QED) is 0.656. The Labute approximate surface area is 141 Å². The summed E-state index contributed by atoms with van der Waals surface area (Å²) in [5.41, 5.74) is 3.87. The molecule has 3 nitrogen and oxygen atoms in total. The Morgan fingerprint density at radius 3 is 2.77 bits per heavy atom.